The van der Waals surface area contributed by atoms with Gasteiger partial charge in [-0.15, -0.1) is 0 Å². The van der Waals surface area contributed by atoms with Gasteiger partial charge in [-0.2, -0.15) is 11.8 Å². The van der Waals surface area contributed by atoms with Crippen LogP contribution < -0.4 is 5.32 Å². The summed E-state index contributed by atoms with van der Waals surface area (Å²) in [6.45, 7) is 0. The van der Waals surface area contributed by atoms with Crippen LogP contribution in [0, 0.1) is 5.92 Å². The van der Waals surface area contributed by atoms with Crippen molar-refractivity contribution < 1.29 is 0 Å². The van der Waals surface area contributed by atoms with Gasteiger partial charge in [0.15, 0.2) is 0 Å². The highest BCUT2D eigenvalue weighted by Gasteiger charge is 2.19. The Morgan fingerprint density at radius 1 is 1.38 bits per heavy atom. The van der Waals surface area contributed by atoms with Crippen LogP contribution in [0.3, 0.4) is 0 Å². The zero-order chi connectivity index (χ0) is 11.2. The molecule has 1 atom stereocenters. The zero-order valence-corrected chi connectivity index (χ0v) is 10.5. The van der Waals surface area contributed by atoms with Gasteiger partial charge >= 0.3 is 0 Å². The highest BCUT2D eigenvalue weighted by molar-refractivity contribution is 7.99. The van der Waals surface area contributed by atoms with Gasteiger partial charge in [-0.05, 0) is 43.7 Å². The smallest absolute Gasteiger partial charge is 0.115 e. The summed E-state index contributed by atoms with van der Waals surface area (Å²) in [5.41, 5.74) is 1.21. The van der Waals surface area contributed by atoms with Crippen molar-refractivity contribution >= 4 is 11.8 Å². The normalized spacial score (nSPS) is 19.6. The highest BCUT2D eigenvalue weighted by Crippen LogP contribution is 2.30. The number of rotatable bonds is 4. The summed E-state index contributed by atoms with van der Waals surface area (Å²) in [5.74, 6) is 3.51. The Bertz CT molecular complexity index is 298. The van der Waals surface area contributed by atoms with Gasteiger partial charge < -0.3 is 5.32 Å². The van der Waals surface area contributed by atoms with Gasteiger partial charge in [0.25, 0.3) is 0 Å². The number of hydrogen-bond acceptors (Lipinski definition) is 4. The third-order valence-corrected chi connectivity index (χ3v) is 4.29. The summed E-state index contributed by atoms with van der Waals surface area (Å²) >= 11 is 2.08. The molecule has 1 unspecified atom stereocenters. The first-order valence-electron chi connectivity index (χ1n) is 5.90. The second kappa shape index (κ2) is 6.21. The molecule has 1 fully saturated rings. The molecule has 0 spiro atoms. The van der Waals surface area contributed by atoms with Crippen molar-refractivity contribution in [2.45, 2.75) is 25.3 Å². The first-order chi connectivity index (χ1) is 7.90. The molecule has 0 aliphatic carbocycles. The van der Waals surface area contributed by atoms with Crippen LogP contribution in [0.1, 0.15) is 30.9 Å². The molecule has 0 amide bonds. The van der Waals surface area contributed by atoms with Crippen LogP contribution in [-0.4, -0.2) is 28.5 Å². The molecule has 0 radical (unpaired) electrons. The number of thioether (sulfide) groups is 1. The minimum Gasteiger partial charge on any atom is -0.313 e. The fourth-order valence-corrected chi connectivity index (χ4v) is 3.43. The van der Waals surface area contributed by atoms with Crippen LogP contribution in [0.15, 0.2) is 18.7 Å². The van der Waals surface area contributed by atoms with Crippen LogP contribution in [0.25, 0.3) is 0 Å². The van der Waals surface area contributed by atoms with Crippen molar-refractivity contribution in [3.05, 3.63) is 24.3 Å². The van der Waals surface area contributed by atoms with Crippen molar-refractivity contribution in [2.24, 2.45) is 5.92 Å². The molecule has 2 rings (SSSR count). The predicted octanol–water partition coefficient (Wildman–Crippen LogP) is 2.27. The molecule has 88 valence electrons. The van der Waals surface area contributed by atoms with E-state index in [2.05, 4.69) is 27.0 Å². The fraction of sp³-hybridized carbons (Fsp3) is 0.667. The third-order valence-electron chi connectivity index (χ3n) is 3.24. The third kappa shape index (κ3) is 3.19. The van der Waals surface area contributed by atoms with Crippen molar-refractivity contribution in [1.82, 2.24) is 15.3 Å². The Morgan fingerprint density at radius 3 is 2.69 bits per heavy atom. The summed E-state index contributed by atoms with van der Waals surface area (Å²) in [7, 11) is 2.02. The number of aromatic nitrogens is 2. The van der Waals surface area contributed by atoms with Gasteiger partial charge in [0.05, 0.1) is 0 Å². The average Bonchev–Trinajstić information content (AvgIpc) is 2.38. The molecule has 1 aliphatic rings. The maximum atomic E-state index is 4.09. The lowest BCUT2D eigenvalue weighted by Crippen LogP contribution is -2.22. The molecule has 1 aromatic rings. The monoisotopic (exact) mass is 237 g/mol. The summed E-state index contributed by atoms with van der Waals surface area (Å²) in [6, 6.07) is 0.411. The SMILES string of the molecule is CNC(CC1CCSCC1)c1cncnc1. The van der Waals surface area contributed by atoms with Gasteiger partial charge in [-0.1, -0.05) is 0 Å². The van der Waals surface area contributed by atoms with E-state index < -0.39 is 0 Å². The minimum atomic E-state index is 0.411. The lowest BCUT2D eigenvalue weighted by Gasteiger charge is -2.26. The van der Waals surface area contributed by atoms with Crippen molar-refractivity contribution in [2.75, 3.05) is 18.6 Å². The van der Waals surface area contributed by atoms with Crippen LogP contribution in [0.4, 0.5) is 0 Å². The zero-order valence-electron chi connectivity index (χ0n) is 9.72. The summed E-state index contributed by atoms with van der Waals surface area (Å²) in [4.78, 5) is 8.18. The van der Waals surface area contributed by atoms with E-state index in [0.717, 1.165) is 5.92 Å². The number of nitrogens with zero attached hydrogens (tertiary/aromatic N) is 2. The lowest BCUT2D eigenvalue weighted by molar-refractivity contribution is 0.383. The molecular weight excluding hydrogens is 218 g/mol. The van der Waals surface area contributed by atoms with Crippen molar-refractivity contribution in [3.63, 3.8) is 0 Å². The lowest BCUT2D eigenvalue weighted by atomic mass is 9.92. The Labute approximate surface area is 101 Å². The molecule has 1 saturated heterocycles. The first kappa shape index (κ1) is 11.9. The quantitative estimate of drug-likeness (QED) is 0.872. The molecule has 1 N–H and O–H groups in total. The van der Waals surface area contributed by atoms with Gasteiger partial charge in [0, 0.05) is 24.0 Å². The van der Waals surface area contributed by atoms with E-state index in [4.69, 9.17) is 0 Å². The Balaban J connectivity index is 1.94. The van der Waals surface area contributed by atoms with Crippen LogP contribution in [0.2, 0.25) is 0 Å². The molecule has 1 aromatic heterocycles. The van der Waals surface area contributed by atoms with Gasteiger partial charge in [-0.3, -0.25) is 0 Å². The molecular formula is C12H19N3S. The minimum absolute atomic E-state index is 0.411. The molecule has 2 heterocycles. The second-order valence-electron chi connectivity index (χ2n) is 4.30. The Morgan fingerprint density at radius 2 is 2.06 bits per heavy atom. The fourth-order valence-electron chi connectivity index (χ4n) is 2.23. The second-order valence-corrected chi connectivity index (χ2v) is 5.53. The van der Waals surface area contributed by atoms with Crippen molar-refractivity contribution in [3.8, 4) is 0 Å². The number of nitrogens with one attached hydrogen (secondary N) is 1. The van der Waals surface area contributed by atoms with E-state index in [0.29, 0.717) is 6.04 Å². The van der Waals surface area contributed by atoms with Gasteiger partial charge in [0.2, 0.25) is 0 Å². The maximum Gasteiger partial charge on any atom is 0.115 e. The molecule has 0 bridgehead atoms. The van der Waals surface area contributed by atoms with Crippen LogP contribution in [0.5, 0.6) is 0 Å². The molecule has 3 nitrogen and oxygen atoms in total. The summed E-state index contributed by atoms with van der Waals surface area (Å²) in [6.07, 6.45) is 9.36. The van der Waals surface area contributed by atoms with Crippen LogP contribution in [-0.2, 0) is 0 Å². The van der Waals surface area contributed by atoms with Gasteiger partial charge in [-0.25, -0.2) is 9.97 Å². The standard InChI is InChI=1S/C12H19N3S/c1-13-12(11-7-14-9-15-8-11)6-10-2-4-16-5-3-10/h7-10,12-13H,2-6H2,1H3. The molecule has 1 aliphatic heterocycles. The average molecular weight is 237 g/mol. The largest absolute Gasteiger partial charge is 0.313 e. The van der Waals surface area contributed by atoms with E-state index >= 15 is 0 Å². The first-order valence-corrected chi connectivity index (χ1v) is 7.05. The van der Waals surface area contributed by atoms with E-state index in [1.165, 1.54) is 36.3 Å². The molecule has 0 saturated carbocycles. The van der Waals surface area contributed by atoms with E-state index in [-0.39, 0.29) is 0 Å². The predicted molar refractivity (Wildman–Crippen MR) is 68.5 cm³/mol. The highest BCUT2D eigenvalue weighted by atomic mass is 32.2. The number of hydrogen-bond donors (Lipinski definition) is 1. The topological polar surface area (TPSA) is 37.8 Å². The van der Waals surface area contributed by atoms with E-state index in [1.807, 2.05) is 19.4 Å². The maximum absolute atomic E-state index is 4.09. The molecule has 4 heteroatoms. The van der Waals surface area contributed by atoms with Crippen LogP contribution >= 0.6 is 11.8 Å². The van der Waals surface area contributed by atoms with Gasteiger partial charge in [0.1, 0.15) is 6.33 Å². The Hall–Kier alpha value is -0.610. The van der Waals surface area contributed by atoms with E-state index in [9.17, 15) is 0 Å². The molecule has 0 aromatic carbocycles. The summed E-state index contributed by atoms with van der Waals surface area (Å²) in [5, 5.41) is 3.38. The summed E-state index contributed by atoms with van der Waals surface area (Å²) < 4.78 is 0. The Kier molecular flexibility index (Phi) is 4.60. The van der Waals surface area contributed by atoms with Crippen molar-refractivity contribution in [1.29, 1.82) is 0 Å². The molecule has 16 heavy (non-hydrogen) atoms. The van der Waals surface area contributed by atoms with E-state index in [1.54, 1.807) is 6.33 Å².